The van der Waals surface area contributed by atoms with E-state index in [1.807, 2.05) is 0 Å². The molecule has 21 heavy (non-hydrogen) atoms. The van der Waals surface area contributed by atoms with Crippen LogP contribution in [-0.2, 0) is 10.0 Å². The molecule has 8 heteroatoms. The first-order valence-corrected chi connectivity index (χ1v) is 7.89. The van der Waals surface area contributed by atoms with Crippen molar-refractivity contribution in [2.45, 2.75) is 37.6 Å². The maximum absolute atomic E-state index is 13.8. The SMILES string of the molecule is CCCN(C(C)(C)CN)S(=O)(=O)c1c(F)cc(F)cc1F. The predicted octanol–water partition coefficient (Wildman–Crippen LogP) is 2.24. The summed E-state index contributed by atoms with van der Waals surface area (Å²) >= 11 is 0. The first-order chi connectivity index (χ1) is 9.57. The molecule has 0 aliphatic carbocycles. The third kappa shape index (κ3) is 3.56. The topological polar surface area (TPSA) is 63.4 Å². The zero-order valence-electron chi connectivity index (χ0n) is 12.2. The van der Waals surface area contributed by atoms with Crippen molar-refractivity contribution in [3.05, 3.63) is 29.6 Å². The Bertz CT molecular complexity index is 595. The Morgan fingerprint density at radius 3 is 2.05 bits per heavy atom. The van der Waals surface area contributed by atoms with Gasteiger partial charge < -0.3 is 5.73 Å². The molecule has 4 nitrogen and oxygen atoms in total. The number of benzene rings is 1. The molecule has 0 amide bonds. The second-order valence-corrected chi connectivity index (χ2v) is 7.09. The molecule has 120 valence electrons. The van der Waals surface area contributed by atoms with Gasteiger partial charge in [0.15, 0.2) is 4.90 Å². The number of hydrogen-bond acceptors (Lipinski definition) is 3. The van der Waals surface area contributed by atoms with Crippen LogP contribution in [0.2, 0.25) is 0 Å². The molecule has 0 atom stereocenters. The summed E-state index contributed by atoms with van der Waals surface area (Å²) < 4.78 is 66.5. The average molecular weight is 324 g/mol. The van der Waals surface area contributed by atoms with Gasteiger partial charge in [-0.25, -0.2) is 21.6 Å². The van der Waals surface area contributed by atoms with Crippen LogP contribution in [0.1, 0.15) is 27.2 Å². The van der Waals surface area contributed by atoms with Crippen molar-refractivity contribution in [3.8, 4) is 0 Å². The van der Waals surface area contributed by atoms with Gasteiger partial charge in [-0.2, -0.15) is 4.31 Å². The van der Waals surface area contributed by atoms with Gasteiger partial charge in [0.05, 0.1) is 0 Å². The number of halogens is 3. The number of rotatable bonds is 6. The van der Waals surface area contributed by atoms with Gasteiger partial charge in [-0.05, 0) is 20.3 Å². The van der Waals surface area contributed by atoms with Crippen LogP contribution in [0.4, 0.5) is 13.2 Å². The summed E-state index contributed by atoms with van der Waals surface area (Å²) in [7, 11) is -4.47. The van der Waals surface area contributed by atoms with Gasteiger partial charge in [0, 0.05) is 30.8 Å². The second kappa shape index (κ2) is 6.33. The van der Waals surface area contributed by atoms with Crippen molar-refractivity contribution in [1.29, 1.82) is 0 Å². The summed E-state index contributed by atoms with van der Waals surface area (Å²) in [5, 5.41) is 0. The summed E-state index contributed by atoms with van der Waals surface area (Å²) in [6.07, 6.45) is 0.438. The van der Waals surface area contributed by atoms with Gasteiger partial charge in [-0.3, -0.25) is 0 Å². The lowest BCUT2D eigenvalue weighted by molar-refractivity contribution is 0.233. The van der Waals surface area contributed by atoms with E-state index < -0.39 is 37.9 Å². The summed E-state index contributed by atoms with van der Waals surface area (Å²) in [5.74, 6) is -4.09. The Kier molecular flexibility index (Phi) is 5.40. The van der Waals surface area contributed by atoms with E-state index in [1.165, 1.54) is 0 Å². The Hall–Kier alpha value is -1.12. The molecule has 0 aromatic heterocycles. The summed E-state index contributed by atoms with van der Waals surface area (Å²) in [4.78, 5) is -1.15. The Balaban J connectivity index is 3.51. The molecule has 1 aromatic carbocycles. The standard InChI is InChI=1S/C13H19F3N2O2S/c1-4-5-18(13(2,3)8-17)21(19,20)12-10(15)6-9(14)7-11(12)16/h6-7H,4-5,8,17H2,1-3H3. The van der Waals surface area contributed by atoms with Gasteiger partial charge in [-0.15, -0.1) is 0 Å². The van der Waals surface area contributed by atoms with E-state index >= 15 is 0 Å². The van der Waals surface area contributed by atoms with Crippen LogP contribution in [0.3, 0.4) is 0 Å². The minimum Gasteiger partial charge on any atom is -0.329 e. The van der Waals surface area contributed by atoms with Crippen molar-refractivity contribution < 1.29 is 21.6 Å². The van der Waals surface area contributed by atoms with Crippen molar-refractivity contribution in [2.75, 3.05) is 13.1 Å². The maximum atomic E-state index is 13.8. The van der Waals surface area contributed by atoms with E-state index in [0.29, 0.717) is 18.6 Å². The average Bonchev–Trinajstić information content (AvgIpc) is 2.33. The summed E-state index contributed by atoms with van der Waals surface area (Å²) in [5.41, 5.74) is 4.53. The van der Waals surface area contributed by atoms with Crippen molar-refractivity contribution in [2.24, 2.45) is 5.73 Å². The molecule has 0 heterocycles. The third-order valence-corrected chi connectivity index (χ3v) is 5.28. The highest BCUT2D eigenvalue weighted by Crippen LogP contribution is 2.28. The van der Waals surface area contributed by atoms with Crippen LogP contribution in [0.5, 0.6) is 0 Å². The van der Waals surface area contributed by atoms with E-state index in [0.717, 1.165) is 4.31 Å². The quantitative estimate of drug-likeness (QED) is 0.873. The van der Waals surface area contributed by atoms with Gasteiger partial charge >= 0.3 is 0 Å². The fourth-order valence-corrected chi connectivity index (χ4v) is 3.92. The maximum Gasteiger partial charge on any atom is 0.249 e. The normalized spacial score (nSPS) is 13.0. The molecular formula is C13H19F3N2O2S. The van der Waals surface area contributed by atoms with E-state index in [4.69, 9.17) is 5.73 Å². The van der Waals surface area contributed by atoms with Crippen LogP contribution in [-0.4, -0.2) is 31.4 Å². The van der Waals surface area contributed by atoms with Gasteiger partial charge in [-0.1, -0.05) is 6.92 Å². The molecule has 0 bridgehead atoms. The molecule has 0 spiro atoms. The molecule has 2 N–H and O–H groups in total. The van der Waals surface area contributed by atoms with E-state index in [-0.39, 0.29) is 13.1 Å². The van der Waals surface area contributed by atoms with Crippen LogP contribution in [0, 0.1) is 17.5 Å². The summed E-state index contributed by atoms with van der Waals surface area (Å²) in [6.45, 7) is 4.85. The zero-order chi connectivity index (χ0) is 16.4. The molecule has 0 aliphatic heterocycles. The molecule has 0 aliphatic rings. The third-order valence-electron chi connectivity index (χ3n) is 3.11. The van der Waals surface area contributed by atoms with Crippen molar-refractivity contribution >= 4 is 10.0 Å². The lowest BCUT2D eigenvalue weighted by Crippen LogP contribution is -2.52. The molecule has 0 unspecified atom stereocenters. The first-order valence-electron chi connectivity index (χ1n) is 6.45. The Labute approximate surface area is 122 Å². The fourth-order valence-electron chi connectivity index (χ4n) is 1.94. The van der Waals surface area contributed by atoms with Gasteiger partial charge in [0.1, 0.15) is 17.5 Å². The second-order valence-electron chi connectivity index (χ2n) is 5.29. The first kappa shape index (κ1) is 17.9. The predicted molar refractivity (Wildman–Crippen MR) is 73.6 cm³/mol. The van der Waals surface area contributed by atoms with Crippen LogP contribution in [0.25, 0.3) is 0 Å². The number of nitrogens with two attached hydrogens (primary N) is 1. The molecule has 1 aromatic rings. The minimum absolute atomic E-state index is 0.0311. The lowest BCUT2D eigenvalue weighted by Gasteiger charge is -2.36. The Morgan fingerprint density at radius 1 is 1.19 bits per heavy atom. The van der Waals surface area contributed by atoms with Crippen LogP contribution < -0.4 is 5.73 Å². The number of sulfonamides is 1. The highest BCUT2D eigenvalue weighted by molar-refractivity contribution is 7.89. The van der Waals surface area contributed by atoms with E-state index in [1.54, 1.807) is 20.8 Å². The minimum atomic E-state index is -4.47. The van der Waals surface area contributed by atoms with E-state index in [9.17, 15) is 21.6 Å². The Morgan fingerprint density at radius 2 is 1.67 bits per heavy atom. The molecule has 1 rings (SSSR count). The zero-order valence-corrected chi connectivity index (χ0v) is 13.0. The van der Waals surface area contributed by atoms with Crippen molar-refractivity contribution in [1.82, 2.24) is 4.31 Å². The highest BCUT2D eigenvalue weighted by atomic mass is 32.2. The van der Waals surface area contributed by atoms with Gasteiger partial charge in [0.25, 0.3) is 0 Å². The molecule has 0 fully saturated rings. The fraction of sp³-hybridized carbons (Fsp3) is 0.538. The number of nitrogens with zero attached hydrogens (tertiary/aromatic N) is 1. The van der Waals surface area contributed by atoms with Crippen LogP contribution >= 0.6 is 0 Å². The molecule has 0 radical (unpaired) electrons. The molecule has 0 saturated carbocycles. The smallest absolute Gasteiger partial charge is 0.249 e. The van der Waals surface area contributed by atoms with E-state index in [2.05, 4.69) is 0 Å². The van der Waals surface area contributed by atoms with Crippen LogP contribution in [0.15, 0.2) is 17.0 Å². The molecule has 0 saturated heterocycles. The summed E-state index contributed by atoms with van der Waals surface area (Å²) in [6, 6.07) is 0.686. The monoisotopic (exact) mass is 324 g/mol. The van der Waals surface area contributed by atoms with Crippen molar-refractivity contribution in [3.63, 3.8) is 0 Å². The number of hydrogen-bond donors (Lipinski definition) is 1. The lowest BCUT2D eigenvalue weighted by atomic mass is 10.1. The molecular weight excluding hydrogens is 305 g/mol. The van der Waals surface area contributed by atoms with Gasteiger partial charge in [0.2, 0.25) is 10.0 Å². The highest BCUT2D eigenvalue weighted by Gasteiger charge is 2.39. The largest absolute Gasteiger partial charge is 0.329 e.